The highest BCUT2D eigenvalue weighted by atomic mass is 16.4. The molecule has 2 amide bonds. The van der Waals surface area contributed by atoms with Gasteiger partial charge in [-0.25, -0.2) is 0 Å². The van der Waals surface area contributed by atoms with Crippen LogP contribution in [-0.2, 0) is 19.8 Å². The fraction of sp³-hybridized carbons (Fsp3) is 0.526. The van der Waals surface area contributed by atoms with Crippen molar-refractivity contribution in [2.75, 3.05) is 17.3 Å². The first kappa shape index (κ1) is 17.5. The summed E-state index contributed by atoms with van der Waals surface area (Å²) in [6.07, 6.45) is 2.87. The van der Waals surface area contributed by atoms with Crippen molar-refractivity contribution in [2.45, 2.75) is 44.9 Å². The van der Waals surface area contributed by atoms with Crippen molar-refractivity contribution in [1.29, 1.82) is 0 Å². The number of carbonyl (C=O) groups is 3. The molecule has 0 bridgehead atoms. The number of hydrogen-bond acceptors (Lipinski definition) is 3. The quantitative estimate of drug-likeness (QED) is 0.883. The molecule has 2 atom stereocenters. The molecule has 0 unspecified atom stereocenters. The summed E-state index contributed by atoms with van der Waals surface area (Å²) < 4.78 is 0. The molecule has 1 heterocycles. The average Bonchev–Trinajstić information content (AvgIpc) is 2.75. The number of carbonyl (C=O) groups excluding carboxylic acids is 2. The lowest BCUT2D eigenvalue weighted by molar-refractivity contribution is -0.147. The first-order chi connectivity index (χ1) is 11.7. The normalized spacial score (nSPS) is 24.8. The lowest BCUT2D eigenvalue weighted by Crippen LogP contribution is -2.36. The van der Waals surface area contributed by atoms with Gasteiger partial charge in [-0.1, -0.05) is 12.8 Å². The van der Waals surface area contributed by atoms with Crippen molar-refractivity contribution in [2.24, 2.45) is 11.8 Å². The number of nitrogens with zero attached hydrogens (tertiary/aromatic N) is 1. The van der Waals surface area contributed by atoms with Crippen LogP contribution >= 0.6 is 0 Å². The predicted octanol–water partition coefficient (Wildman–Crippen LogP) is 2.77. The molecule has 1 aromatic carbocycles. The van der Waals surface area contributed by atoms with Crippen LogP contribution in [-0.4, -0.2) is 29.9 Å². The zero-order chi connectivity index (χ0) is 18.4. The van der Waals surface area contributed by atoms with E-state index in [0.29, 0.717) is 18.5 Å². The summed E-state index contributed by atoms with van der Waals surface area (Å²) in [6.45, 7) is 3.73. The molecule has 2 N–H and O–H groups in total. The number of anilines is 2. The topological polar surface area (TPSA) is 86.7 Å². The maximum absolute atomic E-state index is 12.6. The molecule has 2 aliphatic rings. The molecule has 134 valence electrons. The summed E-state index contributed by atoms with van der Waals surface area (Å²) in [5.41, 5.74) is 1.68. The first-order valence-corrected chi connectivity index (χ1v) is 8.70. The molecular weight excluding hydrogens is 320 g/mol. The zero-order valence-electron chi connectivity index (χ0n) is 14.8. The Labute approximate surface area is 147 Å². The summed E-state index contributed by atoms with van der Waals surface area (Å²) in [5.74, 6) is -2.25. The van der Waals surface area contributed by atoms with Crippen LogP contribution in [0.25, 0.3) is 0 Å². The zero-order valence-corrected chi connectivity index (χ0v) is 14.8. The molecule has 0 spiro atoms. The number of benzene rings is 1. The third-order valence-electron chi connectivity index (χ3n) is 5.56. The van der Waals surface area contributed by atoms with Crippen LogP contribution in [0.5, 0.6) is 0 Å². The van der Waals surface area contributed by atoms with Crippen molar-refractivity contribution in [3.63, 3.8) is 0 Å². The van der Waals surface area contributed by atoms with E-state index in [9.17, 15) is 19.5 Å². The predicted molar refractivity (Wildman–Crippen MR) is 94.6 cm³/mol. The van der Waals surface area contributed by atoms with Gasteiger partial charge >= 0.3 is 5.97 Å². The monoisotopic (exact) mass is 344 g/mol. The SMILES string of the molecule is CN1C(=O)C(C)(C)c2cc(NC(=O)[C@H]3CCCC[C@H]3C(=O)O)ccc21. The van der Waals surface area contributed by atoms with Gasteiger partial charge in [-0.3, -0.25) is 14.4 Å². The standard InChI is InChI=1S/C19H24N2O4/c1-19(2)14-10-11(8-9-15(14)21(3)18(19)25)20-16(22)12-6-4-5-7-13(12)17(23)24/h8-10,12-13H,4-7H2,1-3H3,(H,20,22)(H,23,24)/t12-,13+/m0/s1. The summed E-state index contributed by atoms with van der Waals surface area (Å²) in [5, 5.41) is 12.2. The lowest BCUT2D eigenvalue weighted by atomic mass is 9.78. The highest BCUT2D eigenvalue weighted by Crippen LogP contribution is 2.42. The number of carboxylic acid groups (broad SMARTS) is 1. The molecule has 25 heavy (non-hydrogen) atoms. The van der Waals surface area contributed by atoms with Crippen molar-refractivity contribution in [3.8, 4) is 0 Å². The number of likely N-dealkylation sites (N-methyl/N-ethyl adjacent to an activating group) is 1. The number of rotatable bonds is 3. The van der Waals surface area contributed by atoms with Gasteiger partial charge in [0.05, 0.1) is 17.3 Å². The number of aliphatic carboxylic acids is 1. The Morgan fingerprint density at radius 2 is 1.84 bits per heavy atom. The Hall–Kier alpha value is -2.37. The summed E-state index contributed by atoms with van der Waals surface area (Å²) in [4.78, 5) is 38.0. The highest BCUT2D eigenvalue weighted by Gasteiger charge is 2.42. The Morgan fingerprint density at radius 1 is 1.20 bits per heavy atom. The van der Waals surface area contributed by atoms with E-state index in [4.69, 9.17) is 0 Å². The van der Waals surface area contributed by atoms with Crippen LogP contribution in [0.15, 0.2) is 18.2 Å². The fourth-order valence-electron chi connectivity index (χ4n) is 4.03. The number of amides is 2. The van der Waals surface area contributed by atoms with Crippen molar-refractivity contribution >= 4 is 29.2 Å². The second kappa shape index (κ2) is 6.17. The van der Waals surface area contributed by atoms with Crippen LogP contribution in [0.1, 0.15) is 45.1 Å². The number of hydrogen-bond donors (Lipinski definition) is 2. The van der Waals surface area contributed by atoms with Gasteiger partial charge in [-0.15, -0.1) is 0 Å². The molecular formula is C19H24N2O4. The summed E-state index contributed by atoms with van der Waals surface area (Å²) >= 11 is 0. The van der Waals surface area contributed by atoms with Gasteiger partial charge < -0.3 is 15.3 Å². The second-order valence-electron chi connectivity index (χ2n) is 7.55. The van der Waals surface area contributed by atoms with Crippen LogP contribution in [0.4, 0.5) is 11.4 Å². The minimum Gasteiger partial charge on any atom is -0.481 e. The molecule has 6 nitrogen and oxygen atoms in total. The molecule has 1 aromatic rings. The van der Waals surface area contributed by atoms with Gasteiger partial charge in [0.1, 0.15) is 0 Å². The van der Waals surface area contributed by atoms with E-state index < -0.39 is 23.2 Å². The third kappa shape index (κ3) is 2.90. The van der Waals surface area contributed by atoms with E-state index in [1.165, 1.54) is 0 Å². The first-order valence-electron chi connectivity index (χ1n) is 8.70. The molecule has 0 aromatic heterocycles. The smallest absolute Gasteiger partial charge is 0.307 e. The van der Waals surface area contributed by atoms with Crippen LogP contribution in [0, 0.1) is 11.8 Å². The number of nitrogens with one attached hydrogen (secondary N) is 1. The van der Waals surface area contributed by atoms with Crippen molar-refractivity contribution in [1.82, 2.24) is 0 Å². The Morgan fingerprint density at radius 3 is 2.48 bits per heavy atom. The maximum atomic E-state index is 12.6. The molecule has 0 radical (unpaired) electrons. The van der Waals surface area contributed by atoms with E-state index in [-0.39, 0.29) is 11.8 Å². The van der Waals surface area contributed by atoms with Crippen molar-refractivity contribution in [3.05, 3.63) is 23.8 Å². The Bertz CT molecular complexity index is 741. The minimum atomic E-state index is -0.901. The molecule has 1 fully saturated rings. The number of carboxylic acids is 1. The summed E-state index contributed by atoms with van der Waals surface area (Å²) in [7, 11) is 1.74. The van der Waals surface area contributed by atoms with Gasteiger partial charge in [0, 0.05) is 18.4 Å². The van der Waals surface area contributed by atoms with Gasteiger partial charge in [0.15, 0.2) is 0 Å². The van der Waals surface area contributed by atoms with Crippen LogP contribution in [0.3, 0.4) is 0 Å². The molecule has 1 saturated carbocycles. The molecule has 1 aliphatic carbocycles. The fourth-order valence-corrected chi connectivity index (χ4v) is 4.03. The van der Waals surface area contributed by atoms with Gasteiger partial charge in [0.25, 0.3) is 0 Å². The van der Waals surface area contributed by atoms with E-state index in [2.05, 4.69) is 5.32 Å². The second-order valence-corrected chi connectivity index (χ2v) is 7.55. The lowest BCUT2D eigenvalue weighted by Gasteiger charge is -2.27. The Kier molecular flexibility index (Phi) is 4.31. The van der Waals surface area contributed by atoms with Crippen molar-refractivity contribution < 1.29 is 19.5 Å². The van der Waals surface area contributed by atoms with E-state index in [0.717, 1.165) is 24.1 Å². The van der Waals surface area contributed by atoms with E-state index in [1.807, 2.05) is 26.0 Å². The number of fused-ring (bicyclic) bond motifs is 1. The van der Waals surface area contributed by atoms with Crippen LogP contribution in [0.2, 0.25) is 0 Å². The maximum Gasteiger partial charge on any atom is 0.307 e. The summed E-state index contributed by atoms with van der Waals surface area (Å²) in [6, 6.07) is 5.42. The molecule has 3 rings (SSSR count). The van der Waals surface area contributed by atoms with Gasteiger partial charge in [0.2, 0.25) is 11.8 Å². The minimum absolute atomic E-state index is 0.0178. The average molecular weight is 344 g/mol. The molecule has 0 saturated heterocycles. The highest BCUT2D eigenvalue weighted by molar-refractivity contribution is 6.08. The third-order valence-corrected chi connectivity index (χ3v) is 5.56. The van der Waals surface area contributed by atoms with E-state index >= 15 is 0 Å². The Balaban J connectivity index is 1.83. The van der Waals surface area contributed by atoms with E-state index in [1.54, 1.807) is 18.0 Å². The van der Waals surface area contributed by atoms with Gasteiger partial charge in [-0.2, -0.15) is 0 Å². The van der Waals surface area contributed by atoms with Crippen LogP contribution < -0.4 is 10.2 Å². The van der Waals surface area contributed by atoms with Gasteiger partial charge in [-0.05, 0) is 50.5 Å². The molecule has 1 aliphatic heterocycles. The largest absolute Gasteiger partial charge is 0.481 e. The molecule has 6 heteroatoms.